The number of imidazole rings is 1. The molecule has 2 aromatic rings. The molecule has 118 valence electrons. The van der Waals surface area contributed by atoms with Crippen molar-refractivity contribution in [1.82, 2.24) is 19.8 Å². The van der Waals surface area contributed by atoms with Crippen LogP contribution in [0.4, 0.5) is 0 Å². The number of aromatic nitrogens is 2. The smallest absolute Gasteiger partial charge is 0.255 e. The summed E-state index contributed by atoms with van der Waals surface area (Å²) in [5.41, 5.74) is 2.34. The standard InChI is InChI=1S/C16H21ClN4O/c1-12-5-4-6-14(15(12)17)16(22)21(8-7-20(2)3)10-13-9-18-11-19-13/h4-6,9,11H,7-8,10H2,1-3H3,(H,18,19). The Morgan fingerprint density at radius 1 is 1.32 bits per heavy atom. The topological polar surface area (TPSA) is 52.2 Å². The van der Waals surface area contributed by atoms with Gasteiger partial charge in [-0.25, -0.2) is 4.98 Å². The molecule has 0 aliphatic heterocycles. The number of nitrogens with zero attached hydrogens (tertiary/aromatic N) is 3. The maximum absolute atomic E-state index is 12.8. The highest BCUT2D eigenvalue weighted by Gasteiger charge is 2.20. The first-order valence-corrected chi connectivity index (χ1v) is 7.53. The quantitative estimate of drug-likeness (QED) is 0.890. The molecule has 1 heterocycles. The highest BCUT2D eigenvalue weighted by molar-refractivity contribution is 6.34. The van der Waals surface area contributed by atoms with Crippen LogP contribution in [0, 0.1) is 6.92 Å². The summed E-state index contributed by atoms with van der Waals surface area (Å²) in [6.07, 6.45) is 3.34. The number of carbonyl (C=O) groups is 1. The summed E-state index contributed by atoms with van der Waals surface area (Å²) in [4.78, 5) is 23.7. The van der Waals surface area contributed by atoms with Crippen LogP contribution in [-0.2, 0) is 6.54 Å². The fourth-order valence-corrected chi connectivity index (χ4v) is 2.34. The Kier molecular flexibility index (Phi) is 5.57. The lowest BCUT2D eigenvalue weighted by Gasteiger charge is -2.24. The second kappa shape index (κ2) is 7.42. The van der Waals surface area contributed by atoms with E-state index in [1.54, 1.807) is 23.5 Å². The average Bonchev–Trinajstić information content (AvgIpc) is 2.98. The van der Waals surface area contributed by atoms with Gasteiger partial charge in [-0.1, -0.05) is 23.7 Å². The molecule has 0 spiro atoms. The van der Waals surface area contributed by atoms with Gasteiger partial charge in [-0.3, -0.25) is 4.79 Å². The van der Waals surface area contributed by atoms with E-state index < -0.39 is 0 Å². The number of rotatable bonds is 6. The number of aryl methyl sites for hydroxylation is 1. The zero-order valence-corrected chi connectivity index (χ0v) is 13.9. The number of benzene rings is 1. The lowest BCUT2D eigenvalue weighted by Crippen LogP contribution is -2.36. The number of carbonyl (C=O) groups excluding carboxylic acids is 1. The minimum atomic E-state index is -0.0647. The molecule has 0 atom stereocenters. The van der Waals surface area contributed by atoms with Gasteiger partial charge in [0.05, 0.1) is 29.2 Å². The van der Waals surface area contributed by atoms with Crippen LogP contribution in [0.15, 0.2) is 30.7 Å². The molecule has 0 bridgehead atoms. The van der Waals surface area contributed by atoms with Gasteiger partial charge in [0.15, 0.2) is 0 Å². The van der Waals surface area contributed by atoms with Crippen molar-refractivity contribution in [3.8, 4) is 0 Å². The van der Waals surface area contributed by atoms with E-state index >= 15 is 0 Å². The molecule has 1 aromatic carbocycles. The van der Waals surface area contributed by atoms with E-state index in [1.165, 1.54) is 0 Å². The molecule has 2 rings (SSSR count). The van der Waals surface area contributed by atoms with Crippen LogP contribution < -0.4 is 0 Å². The zero-order valence-electron chi connectivity index (χ0n) is 13.1. The van der Waals surface area contributed by atoms with E-state index in [2.05, 4.69) is 9.97 Å². The van der Waals surface area contributed by atoms with Gasteiger partial charge in [0, 0.05) is 19.3 Å². The largest absolute Gasteiger partial charge is 0.347 e. The van der Waals surface area contributed by atoms with Crippen LogP contribution in [0.3, 0.4) is 0 Å². The predicted molar refractivity (Wildman–Crippen MR) is 88.1 cm³/mol. The molecule has 6 heteroatoms. The fraction of sp³-hybridized carbons (Fsp3) is 0.375. The number of nitrogens with one attached hydrogen (secondary N) is 1. The Hall–Kier alpha value is -1.85. The number of amides is 1. The molecule has 0 saturated carbocycles. The van der Waals surface area contributed by atoms with Crippen molar-refractivity contribution >= 4 is 17.5 Å². The minimum Gasteiger partial charge on any atom is -0.347 e. The van der Waals surface area contributed by atoms with Crippen LogP contribution in [-0.4, -0.2) is 52.9 Å². The van der Waals surface area contributed by atoms with Gasteiger partial charge >= 0.3 is 0 Å². The van der Waals surface area contributed by atoms with E-state index in [1.807, 2.05) is 38.1 Å². The van der Waals surface area contributed by atoms with E-state index in [-0.39, 0.29) is 5.91 Å². The van der Waals surface area contributed by atoms with Gasteiger partial charge in [-0.2, -0.15) is 0 Å². The predicted octanol–water partition coefficient (Wildman–Crippen LogP) is 2.58. The molecule has 5 nitrogen and oxygen atoms in total. The van der Waals surface area contributed by atoms with Gasteiger partial charge in [0.2, 0.25) is 0 Å². The Labute approximate surface area is 135 Å². The Morgan fingerprint density at radius 2 is 2.09 bits per heavy atom. The van der Waals surface area contributed by atoms with Gasteiger partial charge in [0.1, 0.15) is 0 Å². The SMILES string of the molecule is Cc1cccc(C(=O)N(CCN(C)C)Cc2cnc[nH]2)c1Cl. The normalized spacial score (nSPS) is 11.0. The third-order valence-corrected chi connectivity index (χ3v) is 3.94. The third kappa shape index (κ3) is 4.08. The first kappa shape index (κ1) is 16.5. The van der Waals surface area contributed by atoms with E-state index in [4.69, 9.17) is 11.6 Å². The molecule has 0 aliphatic carbocycles. The minimum absolute atomic E-state index is 0.0647. The van der Waals surface area contributed by atoms with Crippen molar-refractivity contribution < 1.29 is 4.79 Å². The van der Waals surface area contributed by atoms with Crippen LogP contribution >= 0.6 is 11.6 Å². The van der Waals surface area contributed by atoms with Gasteiger partial charge in [-0.05, 0) is 32.6 Å². The highest BCUT2D eigenvalue weighted by atomic mass is 35.5. The number of hydrogen-bond acceptors (Lipinski definition) is 3. The summed E-state index contributed by atoms with van der Waals surface area (Å²) in [6, 6.07) is 5.53. The molecule has 0 saturated heterocycles. The van der Waals surface area contributed by atoms with E-state index in [0.29, 0.717) is 23.7 Å². The second-order valence-electron chi connectivity index (χ2n) is 5.54. The lowest BCUT2D eigenvalue weighted by molar-refractivity contribution is 0.0730. The van der Waals surface area contributed by atoms with Crippen molar-refractivity contribution in [2.24, 2.45) is 0 Å². The molecule has 0 fully saturated rings. The Balaban J connectivity index is 2.22. The molecule has 0 unspecified atom stereocenters. The van der Waals surface area contributed by atoms with Gasteiger partial charge < -0.3 is 14.8 Å². The highest BCUT2D eigenvalue weighted by Crippen LogP contribution is 2.22. The summed E-state index contributed by atoms with van der Waals surface area (Å²) >= 11 is 6.30. The summed E-state index contributed by atoms with van der Waals surface area (Å²) in [6.45, 7) is 3.79. The van der Waals surface area contributed by atoms with Crippen LogP contribution in [0.25, 0.3) is 0 Å². The zero-order chi connectivity index (χ0) is 16.1. The summed E-state index contributed by atoms with van der Waals surface area (Å²) in [7, 11) is 3.97. The second-order valence-corrected chi connectivity index (χ2v) is 5.92. The third-order valence-electron chi connectivity index (χ3n) is 3.44. The average molecular weight is 321 g/mol. The van der Waals surface area contributed by atoms with Crippen LogP contribution in [0.1, 0.15) is 21.6 Å². The summed E-state index contributed by atoms with van der Waals surface area (Å²) in [5.74, 6) is -0.0647. The fourth-order valence-electron chi connectivity index (χ4n) is 2.13. The Bertz CT molecular complexity index is 625. The number of halogens is 1. The summed E-state index contributed by atoms with van der Waals surface area (Å²) < 4.78 is 0. The van der Waals surface area contributed by atoms with Crippen molar-refractivity contribution in [1.29, 1.82) is 0 Å². The first-order chi connectivity index (χ1) is 10.5. The Morgan fingerprint density at radius 3 is 2.73 bits per heavy atom. The molecule has 22 heavy (non-hydrogen) atoms. The molecule has 1 aromatic heterocycles. The monoisotopic (exact) mass is 320 g/mol. The van der Waals surface area contributed by atoms with Crippen LogP contribution in [0.5, 0.6) is 0 Å². The number of hydrogen-bond donors (Lipinski definition) is 1. The molecule has 1 amide bonds. The van der Waals surface area contributed by atoms with Crippen molar-refractivity contribution in [3.63, 3.8) is 0 Å². The maximum atomic E-state index is 12.8. The van der Waals surface area contributed by atoms with Crippen molar-refractivity contribution in [2.75, 3.05) is 27.2 Å². The van der Waals surface area contributed by atoms with Crippen LogP contribution in [0.2, 0.25) is 5.02 Å². The number of aromatic amines is 1. The van der Waals surface area contributed by atoms with Gasteiger partial charge in [-0.15, -0.1) is 0 Å². The molecular formula is C16H21ClN4O. The number of H-pyrrole nitrogens is 1. The number of likely N-dealkylation sites (N-methyl/N-ethyl adjacent to an activating group) is 1. The molecule has 0 radical (unpaired) electrons. The maximum Gasteiger partial charge on any atom is 0.255 e. The molecular weight excluding hydrogens is 300 g/mol. The molecule has 1 N–H and O–H groups in total. The first-order valence-electron chi connectivity index (χ1n) is 7.15. The lowest BCUT2D eigenvalue weighted by atomic mass is 10.1. The summed E-state index contributed by atoms with van der Waals surface area (Å²) in [5, 5.41) is 0.520. The van der Waals surface area contributed by atoms with E-state index in [0.717, 1.165) is 17.8 Å². The van der Waals surface area contributed by atoms with Gasteiger partial charge in [0.25, 0.3) is 5.91 Å². The molecule has 0 aliphatic rings. The van der Waals surface area contributed by atoms with Crippen molar-refractivity contribution in [2.45, 2.75) is 13.5 Å². The van der Waals surface area contributed by atoms with Crippen molar-refractivity contribution in [3.05, 3.63) is 52.6 Å². The van der Waals surface area contributed by atoms with E-state index in [9.17, 15) is 4.79 Å².